The van der Waals surface area contributed by atoms with Gasteiger partial charge in [0.1, 0.15) is 0 Å². The molecule has 0 spiro atoms. The molecule has 0 saturated heterocycles. The minimum Gasteiger partial charge on any atom is -0.325 e. The topological polar surface area (TPSA) is 79.8 Å². The molecule has 6 nitrogen and oxygen atoms in total. The fraction of sp³-hybridized carbons (Fsp3) is 0.438. The predicted molar refractivity (Wildman–Crippen MR) is 93.1 cm³/mol. The molecular formula is C16H22N4O2S. The molecule has 2 N–H and O–H groups in total. The normalized spacial score (nSPS) is 10.8. The van der Waals surface area contributed by atoms with Gasteiger partial charge in [-0.25, -0.2) is 9.89 Å². The Hall–Kier alpha value is -2.02. The molecule has 124 valence electrons. The molecule has 0 bridgehead atoms. The van der Waals surface area contributed by atoms with E-state index in [4.69, 9.17) is 0 Å². The van der Waals surface area contributed by atoms with Crippen molar-refractivity contribution in [3.05, 3.63) is 39.3 Å². The summed E-state index contributed by atoms with van der Waals surface area (Å²) in [4.78, 5) is 23.8. The third-order valence-corrected chi connectivity index (χ3v) is 4.42. The van der Waals surface area contributed by atoms with Crippen LogP contribution in [0.15, 0.2) is 22.1 Å². The summed E-state index contributed by atoms with van der Waals surface area (Å²) in [6.45, 7) is 8.58. The minimum atomic E-state index is -0.236. The number of H-pyrrole nitrogens is 1. The summed E-state index contributed by atoms with van der Waals surface area (Å²) in [7, 11) is 0. The Bertz CT molecular complexity index is 741. The van der Waals surface area contributed by atoms with E-state index < -0.39 is 0 Å². The van der Waals surface area contributed by atoms with Gasteiger partial charge in [0, 0.05) is 12.2 Å². The Morgan fingerprint density at radius 3 is 2.57 bits per heavy atom. The van der Waals surface area contributed by atoms with E-state index in [2.05, 4.69) is 15.5 Å². The molecule has 1 aromatic heterocycles. The number of aromatic amines is 1. The van der Waals surface area contributed by atoms with Gasteiger partial charge in [-0.15, -0.1) is 5.10 Å². The summed E-state index contributed by atoms with van der Waals surface area (Å²) in [5.41, 5.74) is 3.88. The van der Waals surface area contributed by atoms with Gasteiger partial charge < -0.3 is 5.32 Å². The fourth-order valence-corrected chi connectivity index (χ4v) is 3.29. The van der Waals surface area contributed by atoms with Crippen molar-refractivity contribution in [3.63, 3.8) is 0 Å². The van der Waals surface area contributed by atoms with Crippen LogP contribution in [0.4, 0.5) is 5.69 Å². The molecule has 2 aromatic rings. The maximum absolute atomic E-state index is 12.2. The molecule has 0 aliphatic rings. The zero-order valence-corrected chi connectivity index (χ0v) is 14.7. The molecule has 2 rings (SSSR count). The van der Waals surface area contributed by atoms with Crippen molar-refractivity contribution in [1.82, 2.24) is 14.8 Å². The summed E-state index contributed by atoms with van der Waals surface area (Å²) < 4.78 is 1.56. The smallest absolute Gasteiger partial charge is 0.325 e. The third kappa shape index (κ3) is 4.25. The Morgan fingerprint density at radius 1 is 1.30 bits per heavy atom. The first-order chi connectivity index (χ1) is 10.9. The number of rotatable bonds is 6. The van der Waals surface area contributed by atoms with Gasteiger partial charge in [-0.1, -0.05) is 36.4 Å². The number of aryl methyl sites for hydroxylation is 3. The summed E-state index contributed by atoms with van der Waals surface area (Å²) in [6, 6.07) is 4.09. The van der Waals surface area contributed by atoms with Crippen LogP contribution in [0.1, 0.15) is 30.0 Å². The number of thioether (sulfide) groups is 1. The lowest BCUT2D eigenvalue weighted by Crippen LogP contribution is -2.19. The van der Waals surface area contributed by atoms with Crippen molar-refractivity contribution in [2.75, 3.05) is 11.1 Å². The highest BCUT2D eigenvalue weighted by Gasteiger charge is 2.12. The van der Waals surface area contributed by atoms with Crippen molar-refractivity contribution < 1.29 is 4.79 Å². The number of amides is 1. The SMILES string of the molecule is CCCn1c(SCC(=O)Nc2c(C)cc(C)cc2C)n[nH]c1=O. The quantitative estimate of drug-likeness (QED) is 0.796. The number of hydrogen-bond donors (Lipinski definition) is 2. The van der Waals surface area contributed by atoms with Crippen molar-refractivity contribution in [2.24, 2.45) is 0 Å². The molecular weight excluding hydrogens is 312 g/mol. The zero-order chi connectivity index (χ0) is 17.0. The van der Waals surface area contributed by atoms with E-state index in [1.807, 2.05) is 39.8 Å². The number of carbonyl (C=O) groups excluding carboxylic acids is 1. The predicted octanol–water partition coefficient (Wildman–Crippen LogP) is 2.64. The monoisotopic (exact) mass is 334 g/mol. The van der Waals surface area contributed by atoms with Crippen LogP contribution >= 0.6 is 11.8 Å². The molecule has 7 heteroatoms. The van der Waals surface area contributed by atoms with Crippen LogP contribution in [0.25, 0.3) is 0 Å². The van der Waals surface area contributed by atoms with E-state index in [0.717, 1.165) is 23.2 Å². The van der Waals surface area contributed by atoms with Crippen molar-refractivity contribution in [2.45, 2.75) is 45.8 Å². The van der Waals surface area contributed by atoms with Crippen molar-refractivity contribution >= 4 is 23.4 Å². The maximum atomic E-state index is 12.2. The summed E-state index contributed by atoms with van der Waals surface area (Å²) in [5, 5.41) is 9.89. The number of nitrogens with zero attached hydrogens (tertiary/aromatic N) is 2. The fourth-order valence-electron chi connectivity index (χ4n) is 2.52. The van der Waals surface area contributed by atoms with E-state index in [1.165, 1.54) is 17.3 Å². The first-order valence-electron chi connectivity index (χ1n) is 7.58. The molecule has 0 aliphatic carbocycles. The number of carbonyl (C=O) groups is 1. The number of anilines is 1. The second-order valence-corrected chi connectivity index (χ2v) is 6.52. The highest BCUT2D eigenvalue weighted by Crippen LogP contribution is 2.22. The van der Waals surface area contributed by atoms with Crippen LogP contribution in [-0.2, 0) is 11.3 Å². The third-order valence-electron chi connectivity index (χ3n) is 3.44. The van der Waals surface area contributed by atoms with E-state index in [-0.39, 0.29) is 17.3 Å². The Morgan fingerprint density at radius 2 is 1.96 bits per heavy atom. The molecule has 23 heavy (non-hydrogen) atoms. The second-order valence-electron chi connectivity index (χ2n) is 5.57. The van der Waals surface area contributed by atoms with Gasteiger partial charge in [-0.05, 0) is 38.3 Å². The van der Waals surface area contributed by atoms with Crippen molar-refractivity contribution in [1.29, 1.82) is 0 Å². The van der Waals surface area contributed by atoms with Gasteiger partial charge in [0.05, 0.1) is 5.75 Å². The number of aromatic nitrogens is 3. The highest BCUT2D eigenvalue weighted by atomic mass is 32.2. The lowest BCUT2D eigenvalue weighted by atomic mass is 10.1. The van der Waals surface area contributed by atoms with Gasteiger partial charge in [-0.3, -0.25) is 9.36 Å². The zero-order valence-electron chi connectivity index (χ0n) is 13.9. The molecule has 0 saturated carbocycles. The van der Waals surface area contributed by atoms with Gasteiger partial charge in [0.15, 0.2) is 5.16 Å². The standard InChI is InChI=1S/C16H22N4O2S/c1-5-6-20-15(22)18-19-16(20)23-9-13(21)17-14-11(3)7-10(2)8-12(14)4/h7-8H,5-6,9H2,1-4H3,(H,17,21)(H,18,22). The van der Waals surface area contributed by atoms with E-state index in [1.54, 1.807) is 4.57 Å². The molecule has 0 unspecified atom stereocenters. The second kappa shape index (κ2) is 7.50. The van der Waals surface area contributed by atoms with Crippen molar-refractivity contribution in [3.8, 4) is 0 Å². The van der Waals surface area contributed by atoms with Gasteiger partial charge in [0.2, 0.25) is 5.91 Å². The number of nitrogens with one attached hydrogen (secondary N) is 2. The van der Waals surface area contributed by atoms with Crippen LogP contribution in [0.3, 0.4) is 0 Å². The Kier molecular flexibility index (Phi) is 5.65. The first-order valence-corrected chi connectivity index (χ1v) is 8.56. The number of benzene rings is 1. The van der Waals surface area contributed by atoms with Gasteiger partial charge >= 0.3 is 5.69 Å². The Labute approximate surface area is 139 Å². The average molecular weight is 334 g/mol. The van der Waals surface area contributed by atoms with E-state index in [0.29, 0.717) is 11.7 Å². The van der Waals surface area contributed by atoms with Gasteiger partial charge in [0.25, 0.3) is 0 Å². The van der Waals surface area contributed by atoms with Crippen LogP contribution < -0.4 is 11.0 Å². The Balaban J connectivity index is 2.03. The van der Waals surface area contributed by atoms with Crippen LogP contribution in [-0.4, -0.2) is 26.4 Å². The molecule has 0 atom stereocenters. The van der Waals surface area contributed by atoms with Crippen LogP contribution in [0.2, 0.25) is 0 Å². The first kappa shape index (κ1) is 17.3. The number of hydrogen-bond acceptors (Lipinski definition) is 4. The molecule has 1 amide bonds. The van der Waals surface area contributed by atoms with E-state index >= 15 is 0 Å². The molecule has 1 aromatic carbocycles. The average Bonchev–Trinajstić information content (AvgIpc) is 2.82. The molecule has 0 aliphatic heterocycles. The van der Waals surface area contributed by atoms with Crippen LogP contribution in [0.5, 0.6) is 0 Å². The molecule has 1 heterocycles. The van der Waals surface area contributed by atoms with Crippen LogP contribution in [0, 0.1) is 20.8 Å². The lowest BCUT2D eigenvalue weighted by molar-refractivity contribution is -0.113. The molecule has 0 fully saturated rings. The lowest BCUT2D eigenvalue weighted by Gasteiger charge is -2.12. The maximum Gasteiger partial charge on any atom is 0.343 e. The summed E-state index contributed by atoms with van der Waals surface area (Å²) in [6.07, 6.45) is 0.834. The largest absolute Gasteiger partial charge is 0.343 e. The summed E-state index contributed by atoms with van der Waals surface area (Å²) >= 11 is 1.26. The highest BCUT2D eigenvalue weighted by molar-refractivity contribution is 7.99. The summed E-state index contributed by atoms with van der Waals surface area (Å²) in [5.74, 6) is 0.101. The molecule has 0 radical (unpaired) electrons. The van der Waals surface area contributed by atoms with E-state index in [9.17, 15) is 9.59 Å². The minimum absolute atomic E-state index is 0.108. The van der Waals surface area contributed by atoms with Gasteiger partial charge in [-0.2, -0.15) is 0 Å².